The number of aliphatic carboxylic acids is 1. The van der Waals surface area contributed by atoms with Gasteiger partial charge in [-0.3, -0.25) is 4.79 Å². The first-order valence-corrected chi connectivity index (χ1v) is 8.20. The van der Waals surface area contributed by atoms with Crippen molar-refractivity contribution in [2.75, 3.05) is 19.7 Å². The van der Waals surface area contributed by atoms with Gasteiger partial charge in [0.25, 0.3) is 0 Å². The Labute approximate surface area is 190 Å². The van der Waals surface area contributed by atoms with E-state index in [2.05, 4.69) is 0 Å². The van der Waals surface area contributed by atoms with Gasteiger partial charge >= 0.3 is 51.4 Å². The molecular formula is C18H24KNO5. The summed E-state index contributed by atoms with van der Waals surface area (Å²) in [7, 11) is 0. The van der Waals surface area contributed by atoms with Crippen LogP contribution >= 0.6 is 0 Å². The minimum absolute atomic E-state index is 0. The van der Waals surface area contributed by atoms with Crippen LogP contribution in [0.5, 0.6) is 0 Å². The summed E-state index contributed by atoms with van der Waals surface area (Å²) in [4.78, 5) is 24.5. The molecule has 1 aromatic carbocycles. The molecular weight excluding hydrogens is 349 g/mol. The summed E-state index contributed by atoms with van der Waals surface area (Å²) in [5.41, 5.74) is 1.33. The summed E-state index contributed by atoms with van der Waals surface area (Å²) in [6, 6.07) is 7.97. The molecule has 132 valence electrons. The first kappa shape index (κ1) is 22.8. The molecule has 2 rings (SSSR count). The SMILES string of the molecule is Cc1cccc(CC2(O)CCN(C(=O)C(CO)CC(=O)[O-])CC2)c1.[K+]. The van der Waals surface area contributed by atoms with Crippen molar-refractivity contribution in [2.45, 2.75) is 38.2 Å². The first-order chi connectivity index (χ1) is 11.3. The summed E-state index contributed by atoms with van der Waals surface area (Å²) in [6.45, 7) is 2.19. The Morgan fingerprint density at radius 1 is 1.32 bits per heavy atom. The van der Waals surface area contributed by atoms with Crippen LogP contribution in [0.2, 0.25) is 0 Å². The summed E-state index contributed by atoms with van der Waals surface area (Å²) in [5, 5.41) is 30.6. The molecule has 7 heteroatoms. The number of aliphatic hydroxyl groups excluding tert-OH is 1. The van der Waals surface area contributed by atoms with E-state index in [-0.39, 0.29) is 57.3 Å². The molecule has 1 fully saturated rings. The van der Waals surface area contributed by atoms with Crippen LogP contribution in [0.4, 0.5) is 0 Å². The van der Waals surface area contributed by atoms with Crippen LogP contribution in [-0.4, -0.2) is 52.3 Å². The number of likely N-dealkylation sites (tertiary alicyclic amines) is 1. The number of carbonyl (C=O) groups is 2. The van der Waals surface area contributed by atoms with Crippen molar-refractivity contribution in [2.24, 2.45) is 5.92 Å². The van der Waals surface area contributed by atoms with Crippen molar-refractivity contribution < 1.29 is 76.3 Å². The molecule has 1 unspecified atom stereocenters. The van der Waals surface area contributed by atoms with Crippen molar-refractivity contribution in [3.8, 4) is 0 Å². The number of hydrogen-bond donors (Lipinski definition) is 2. The van der Waals surface area contributed by atoms with Crippen LogP contribution in [-0.2, 0) is 16.0 Å². The number of carboxylic acids is 1. The molecule has 25 heavy (non-hydrogen) atoms. The van der Waals surface area contributed by atoms with Crippen LogP contribution in [0.15, 0.2) is 24.3 Å². The largest absolute Gasteiger partial charge is 1.00 e. The zero-order valence-electron chi connectivity index (χ0n) is 14.9. The zero-order chi connectivity index (χ0) is 17.7. The van der Waals surface area contributed by atoms with Crippen molar-refractivity contribution in [3.63, 3.8) is 0 Å². The fourth-order valence-corrected chi connectivity index (χ4v) is 3.21. The van der Waals surface area contributed by atoms with E-state index in [4.69, 9.17) is 0 Å². The number of piperidine rings is 1. The Balaban J connectivity index is 0.00000312. The second kappa shape index (κ2) is 10.2. The third kappa shape index (κ3) is 6.75. The van der Waals surface area contributed by atoms with Crippen molar-refractivity contribution in [3.05, 3.63) is 35.4 Å². The number of nitrogens with zero attached hydrogens (tertiary/aromatic N) is 1. The quantitative estimate of drug-likeness (QED) is 0.508. The number of amides is 1. The van der Waals surface area contributed by atoms with Gasteiger partial charge in [0.15, 0.2) is 0 Å². The summed E-state index contributed by atoms with van der Waals surface area (Å²) in [6.07, 6.45) is 0.894. The Morgan fingerprint density at radius 3 is 2.48 bits per heavy atom. The second-order valence-corrected chi connectivity index (χ2v) is 6.67. The molecule has 1 aromatic rings. The predicted molar refractivity (Wildman–Crippen MR) is 85.8 cm³/mol. The van der Waals surface area contributed by atoms with Gasteiger partial charge < -0.3 is 25.0 Å². The summed E-state index contributed by atoms with van der Waals surface area (Å²) in [5.74, 6) is -2.72. The van der Waals surface area contributed by atoms with Crippen molar-refractivity contribution in [1.29, 1.82) is 0 Å². The number of carbonyl (C=O) groups excluding carboxylic acids is 2. The second-order valence-electron chi connectivity index (χ2n) is 6.67. The number of aliphatic hydroxyl groups is 2. The number of rotatable bonds is 6. The monoisotopic (exact) mass is 373 g/mol. The topological polar surface area (TPSA) is 101 Å². The van der Waals surface area contributed by atoms with E-state index >= 15 is 0 Å². The van der Waals surface area contributed by atoms with Crippen LogP contribution in [0, 0.1) is 12.8 Å². The maximum Gasteiger partial charge on any atom is 1.00 e. The average molecular weight is 373 g/mol. The van der Waals surface area contributed by atoms with Gasteiger partial charge in [0.05, 0.1) is 18.1 Å². The van der Waals surface area contributed by atoms with E-state index in [9.17, 15) is 24.9 Å². The standard InChI is InChI=1S/C18H25NO5.K/c1-13-3-2-4-14(9-13)11-18(24)5-7-19(8-6-18)17(23)15(12-20)10-16(21)22;/h2-4,9,15,20,24H,5-8,10-12H2,1H3,(H,21,22);/q;+1/p-1. The predicted octanol–water partition coefficient (Wildman–Crippen LogP) is -3.36. The Hall–Kier alpha value is -0.284. The number of carboxylic acid groups (broad SMARTS) is 1. The molecule has 1 aliphatic rings. The van der Waals surface area contributed by atoms with Gasteiger partial charge in [-0.2, -0.15) is 0 Å². The van der Waals surface area contributed by atoms with E-state index in [1.165, 1.54) is 4.90 Å². The van der Waals surface area contributed by atoms with Gasteiger partial charge in [-0.1, -0.05) is 29.8 Å². The molecule has 0 bridgehead atoms. The molecule has 1 amide bonds. The van der Waals surface area contributed by atoms with Gasteiger partial charge in [0.2, 0.25) is 5.91 Å². The summed E-state index contributed by atoms with van der Waals surface area (Å²) >= 11 is 0. The van der Waals surface area contributed by atoms with Crippen molar-refractivity contribution in [1.82, 2.24) is 4.90 Å². The average Bonchev–Trinajstić information content (AvgIpc) is 2.52. The first-order valence-electron chi connectivity index (χ1n) is 8.20. The van der Waals surface area contributed by atoms with Gasteiger partial charge in [0, 0.05) is 31.9 Å². The Morgan fingerprint density at radius 2 is 1.96 bits per heavy atom. The van der Waals surface area contributed by atoms with E-state index in [1.807, 2.05) is 31.2 Å². The summed E-state index contributed by atoms with van der Waals surface area (Å²) < 4.78 is 0. The third-order valence-corrected chi connectivity index (χ3v) is 4.60. The van der Waals surface area contributed by atoms with Crippen molar-refractivity contribution >= 4 is 11.9 Å². The minimum atomic E-state index is -1.35. The molecule has 1 saturated heterocycles. The van der Waals surface area contributed by atoms with Gasteiger partial charge in [-0.05, 0) is 25.3 Å². The van der Waals surface area contributed by atoms with Gasteiger partial charge in [0.1, 0.15) is 0 Å². The molecule has 1 heterocycles. The molecule has 0 aromatic heterocycles. The number of hydrogen-bond acceptors (Lipinski definition) is 5. The van der Waals surface area contributed by atoms with Crippen LogP contribution in [0.1, 0.15) is 30.4 Å². The van der Waals surface area contributed by atoms with Crippen LogP contribution < -0.4 is 56.5 Å². The number of benzene rings is 1. The Bertz CT molecular complexity index is 599. The molecule has 2 N–H and O–H groups in total. The van der Waals surface area contributed by atoms with E-state index in [1.54, 1.807) is 0 Å². The fraction of sp³-hybridized carbons (Fsp3) is 0.556. The Kier molecular flexibility index (Phi) is 9.24. The van der Waals surface area contributed by atoms with Crippen LogP contribution in [0.25, 0.3) is 0 Å². The molecule has 0 radical (unpaired) electrons. The molecule has 6 nitrogen and oxygen atoms in total. The molecule has 1 aliphatic heterocycles. The normalized spacial score (nSPS) is 17.5. The maximum absolute atomic E-state index is 12.3. The minimum Gasteiger partial charge on any atom is -0.550 e. The molecule has 0 aliphatic carbocycles. The smallest absolute Gasteiger partial charge is 0.550 e. The number of aryl methyl sites for hydroxylation is 1. The third-order valence-electron chi connectivity index (χ3n) is 4.60. The fourth-order valence-electron chi connectivity index (χ4n) is 3.21. The van der Waals surface area contributed by atoms with Gasteiger partial charge in [-0.15, -0.1) is 0 Å². The van der Waals surface area contributed by atoms with Gasteiger partial charge in [-0.25, -0.2) is 0 Å². The van der Waals surface area contributed by atoms with E-state index < -0.39 is 30.5 Å². The van der Waals surface area contributed by atoms with E-state index in [0.717, 1.165) is 11.1 Å². The van der Waals surface area contributed by atoms with Crippen LogP contribution in [0.3, 0.4) is 0 Å². The zero-order valence-corrected chi connectivity index (χ0v) is 18.0. The molecule has 0 spiro atoms. The molecule has 1 atom stereocenters. The maximum atomic E-state index is 12.3. The van der Waals surface area contributed by atoms with E-state index in [0.29, 0.717) is 32.4 Å². The molecule has 0 saturated carbocycles.